The van der Waals surface area contributed by atoms with Crippen molar-refractivity contribution < 1.29 is 8.42 Å². The van der Waals surface area contributed by atoms with Crippen LogP contribution in [0, 0.1) is 26.7 Å². The molecule has 0 saturated carbocycles. The summed E-state index contributed by atoms with van der Waals surface area (Å²) in [7, 11) is -3.71. The van der Waals surface area contributed by atoms with Crippen LogP contribution in [0.1, 0.15) is 36.5 Å². The first kappa shape index (κ1) is 22.3. The quantitative estimate of drug-likeness (QED) is 0.585. The number of nitrogens with zero attached hydrogens (tertiary/aromatic N) is 3. The highest BCUT2D eigenvalue weighted by Crippen LogP contribution is 2.27. The van der Waals surface area contributed by atoms with Crippen molar-refractivity contribution in [3.8, 4) is 11.3 Å². The van der Waals surface area contributed by atoms with Gasteiger partial charge in [-0.1, -0.05) is 36.8 Å². The molecule has 0 radical (unpaired) electrons. The minimum Gasteiger partial charge on any atom is -0.355 e. The summed E-state index contributed by atoms with van der Waals surface area (Å²) in [5.74, 6) is 1.65. The molecule has 32 heavy (non-hydrogen) atoms. The summed E-state index contributed by atoms with van der Waals surface area (Å²) in [6.07, 6.45) is 2.34. The number of benzene rings is 2. The number of sulfonamides is 1. The molecule has 0 spiro atoms. The third kappa shape index (κ3) is 4.78. The van der Waals surface area contributed by atoms with E-state index in [1.807, 2.05) is 57.2 Å². The predicted octanol–water partition coefficient (Wildman–Crippen LogP) is 5.11. The maximum Gasteiger partial charge on any atom is 0.262 e. The van der Waals surface area contributed by atoms with Crippen LogP contribution in [0.5, 0.6) is 0 Å². The molecule has 3 aromatic rings. The molecule has 0 amide bonds. The molecule has 0 atom stereocenters. The second-order valence-corrected chi connectivity index (χ2v) is 10.5. The molecule has 1 aliphatic rings. The molecule has 4 rings (SSSR count). The molecule has 0 bridgehead atoms. The standard InChI is InChI=1S/C25H30N4O2S/c1-17-10-12-29(13-11-17)24-9-8-23(26-27-24)21-6-5-7-22(16-21)28-32(30,31)25-19(3)14-18(2)15-20(25)4/h5-9,14-17,28H,10-13H2,1-4H3. The Labute approximate surface area is 190 Å². The zero-order chi connectivity index (χ0) is 22.9. The van der Waals surface area contributed by atoms with E-state index < -0.39 is 10.0 Å². The molecule has 6 nitrogen and oxygen atoms in total. The van der Waals surface area contributed by atoms with Gasteiger partial charge in [-0.3, -0.25) is 4.72 Å². The number of aromatic nitrogens is 2. The van der Waals surface area contributed by atoms with E-state index in [-0.39, 0.29) is 0 Å². The van der Waals surface area contributed by atoms with Crippen LogP contribution < -0.4 is 9.62 Å². The molecule has 1 aromatic heterocycles. The van der Waals surface area contributed by atoms with E-state index in [4.69, 9.17) is 0 Å². The topological polar surface area (TPSA) is 75.2 Å². The molecule has 0 unspecified atom stereocenters. The van der Waals surface area contributed by atoms with Crippen LogP contribution >= 0.6 is 0 Å². The molecule has 168 valence electrons. The molecular formula is C25H30N4O2S. The molecule has 0 aliphatic carbocycles. The smallest absolute Gasteiger partial charge is 0.262 e. The monoisotopic (exact) mass is 450 g/mol. The Bertz CT molecular complexity index is 1190. The maximum absolute atomic E-state index is 13.1. The molecule has 2 heterocycles. The lowest BCUT2D eigenvalue weighted by molar-refractivity contribution is 0.436. The zero-order valence-electron chi connectivity index (χ0n) is 19.1. The van der Waals surface area contributed by atoms with Gasteiger partial charge in [-0.2, -0.15) is 0 Å². The molecule has 1 aliphatic heterocycles. The van der Waals surface area contributed by atoms with Crippen molar-refractivity contribution in [1.29, 1.82) is 0 Å². The van der Waals surface area contributed by atoms with Gasteiger partial charge in [0.25, 0.3) is 10.0 Å². The van der Waals surface area contributed by atoms with Gasteiger partial charge < -0.3 is 4.90 Å². The molecule has 2 aromatic carbocycles. The minimum atomic E-state index is -3.71. The van der Waals surface area contributed by atoms with Crippen molar-refractivity contribution in [2.45, 2.75) is 45.4 Å². The number of anilines is 2. The van der Waals surface area contributed by atoms with Crippen LogP contribution in [0.4, 0.5) is 11.5 Å². The Hall–Kier alpha value is -2.93. The summed E-state index contributed by atoms with van der Waals surface area (Å²) in [5, 5.41) is 8.83. The molecule has 1 saturated heterocycles. The van der Waals surface area contributed by atoms with E-state index in [1.54, 1.807) is 12.1 Å². The highest BCUT2D eigenvalue weighted by molar-refractivity contribution is 7.92. The first-order valence-electron chi connectivity index (χ1n) is 11.0. The fourth-order valence-electron chi connectivity index (χ4n) is 4.42. The van der Waals surface area contributed by atoms with Crippen LogP contribution in [0.25, 0.3) is 11.3 Å². The number of aryl methyl sites for hydroxylation is 3. The summed E-state index contributed by atoms with van der Waals surface area (Å²) >= 11 is 0. The average Bonchev–Trinajstić information content (AvgIpc) is 2.73. The van der Waals surface area contributed by atoms with E-state index in [1.165, 1.54) is 12.8 Å². The van der Waals surface area contributed by atoms with Crippen LogP contribution in [0.15, 0.2) is 53.4 Å². The van der Waals surface area contributed by atoms with E-state index in [0.717, 1.165) is 47.1 Å². The Morgan fingerprint density at radius 2 is 1.62 bits per heavy atom. The number of hydrogen-bond acceptors (Lipinski definition) is 5. The highest BCUT2D eigenvalue weighted by Gasteiger charge is 2.21. The van der Waals surface area contributed by atoms with Crippen LogP contribution in [0.3, 0.4) is 0 Å². The number of hydrogen-bond donors (Lipinski definition) is 1. The van der Waals surface area contributed by atoms with Crippen molar-refractivity contribution in [3.63, 3.8) is 0 Å². The van der Waals surface area contributed by atoms with Crippen LogP contribution in [-0.4, -0.2) is 31.7 Å². The average molecular weight is 451 g/mol. The zero-order valence-corrected chi connectivity index (χ0v) is 19.9. The van der Waals surface area contributed by atoms with Gasteiger partial charge in [0.15, 0.2) is 5.82 Å². The lowest BCUT2D eigenvalue weighted by Gasteiger charge is -2.30. The highest BCUT2D eigenvalue weighted by atomic mass is 32.2. The van der Waals surface area contributed by atoms with Gasteiger partial charge in [0, 0.05) is 24.3 Å². The molecule has 1 fully saturated rings. The Kier molecular flexibility index (Phi) is 6.20. The SMILES string of the molecule is Cc1cc(C)c(S(=O)(=O)Nc2cccc(-c3ccc(N4CCC(C)CC4)nn3)c2)c(C)c1. The van der Waals surface area contributed by atoms with Crippen LogP contribution in [-0.2, 0) is 10.0 Å². The second kappa shape index (κ2) is 8.90. The summed E-state index contributed by atoms with van der Waals surface area (Å²) in [4.78, 5) is 2.60. The first-order valence-corrected chi connectivity index (χ1v) is 12.5. The predicted molar refractivity (Wildman–Crippen MR) is 130 cm³/mol. The number of rotatable bonds is 5. The Morgan fingerprint density at radius 3 is 2.25 bits per heavy atom. The molecule has 1 N–H and O–H groups in total. The largest absolute Gasteiger partial charge is 0.355 e. The van der Waals surface area contributed by atoms with Crippen molar-refractivity contribution >= 4 is 21.5 Å². The third-order valence-electron chi connectivity index (χ3n) is 6.04. The van der Waals surface area contributed by atoms with E-state index >= 15 is 0 Å². The maximum atomic E-state index is 13.1. The fraction of sp³-hybridized carbons (Fsp3) is 0.360. The third-order valence-corrected chi connectivity index (χ3v) is 7.73. The number of nitrogens with one attached hydrogen (secondary N) is 1. The summed E-state index contributed by atoms with van der Waals surface area (Å²) in [6.45, 7) is 9.91. The van der Waals surface area contributed by atoms with Crippen LogP contribution in [0.2, 0.25) is 0 Å². The number of piperidine rings is 1. The lowest BCUT2D eigenvalue weighted by Crippen LogP contribution is -2.33. The first-order chi connectivity index (χ1) is 15.2. The Balaban J connectivity index is 1.55. The van der Waals surface area contributed by atoms with Gasteiger partial charge >= 0.3 is 0 Å². The lowest BCUT2D eigenvalue weighted by atomic mass is 9.99. The van der Waals surface area contributed by atoms with E-state index in [0.29, 0.717) is 16.3 Å². The minimum absolute atomic E-state index is 0.327. The van der Waals surface area contributed by atoms with Gasteiger partial charge in [-0.05, 0) is 74.9 Å². The second-order valence-electron chi connectivity index (χ2n) is 8.86. The fourth-order valence-corrected chi connectivity index (χ4v) is 5.93. The molecular weight excluding hydrogens is 420 g/mol. The van der Waals surface area contributed by atoms with Gasteiger partial charge in [-0.25, -0.2) is 8.42 Å². The van der Waals surface area contributed by atoms with Crippen molar-refractivity contribution in [3.05, 3.63) is 65.2 Å². The van der Waals surface area contributed by atoms with Crippen molar-refractivity contribution in [2.75, 3.05) is 22.7 Å². The van der Waals surface area contributed by atoms with Crippen molar-refractivity contribution in [2.24, 2.45) is 5.92 Å². The van der Waals surface area contributed by atoms with Gasteiger partial charge in [0.1, 0.15) is 0 Å². The Morgan fingerprint density at radius 1 is 0.938 bits per heavy atom. The normalized spacial score (nSPS) is 15.1. The van der Waals surface area contributed by atoms with Gasteiger partial charge in [0.2, 0.25) is 0 Å². The summed E-state index contributed by atoms with van der Waals surface area (Å²) in [5.41, 5.74) is 4.54. The summed E-state index contributed by atoms with van der Waals surface area (Å²) in [6, 6.07) is 15.0. The van der Waals surface area contributed by atoms with Gasteiger partial charge in [0.05, 0.1) is 10.6 Å². The van der Waals surface area contributed by atoms with Gasteiger partial charge in [-0.15, -0.1) is 10.2 Å². The molecule has 7 heteroatoms. The summed E-state index contributed by atoms with van der Waals surface area (Å²) < 4.78 is 28.9. The van der Waals surface area contributed by atoms with E-state index in [9.17, 15) is 8.42 Å². The van der Waals surface area contributed by atoms with Crippen molar-refractivity contribution in [1.82, 2.24) is 10.2 Å². The van der Waals surface area contributed by atoms with E-state index in [2.05, 4.69) is 26.7 Å².